The average molecular weight is 436 g/mol. The fourth-order valence-corrected chi connectivity index (χ4v) is 5.04. The first-order valence-electron chi connectivity index (χ1n) is 9.58. The molecule has 0 bridgehead atoms. The summed E-state index contributed by atoms with van der Waals surface area (Å²) < 4.78 is 33.8. The minimum atomic E-state index is -4.01. The zero-order valence-corrected chi connectivity index (χ0v) is 17.8. The number of hydrogen-bond acceptors (Lipinski definition) is 7. The largest absolute Gasteiger partial charge is 0.456 e. The maximum absolute atomic E-state index is 13.3. The molecule has 0 saturated carbocycles. The molecule has 0 atom stereocenters. The Morgan fingerprint density at radius 3 is 2.27 bits per heavy atom. The van der Waals surface area contributed by atoms with Gasteiger partial charge in [-0.25, -0.2) is 8.42 Å². The number of nitrogens with zero attached hydrogens (tertiary/aromatic N) is 3. The summed E-state index contributed by atoms with van der Waals surface area (Å²) in [6.07, 6.45) is 0. The van der Waals surface area contributed by atoms with Crippen molar-refractivity contribution in [2.24, 2.45) is 0 Å². The van der Waals surface area contributed by atoms with Crippen LogP contribution in [-0.4, -0.2) is 67.0 Å². The van der Waals surface area contributed by atoms with E-state index in [1.807, 2.05) is 24.8 Å². The zero-order valence-electron chi connectivity index (χ0n) is 16.9. The number of sulfonamides is 1. The van der Waals surface area contributed by atoms with Crippen molar-refractivity contribution >= 4 is 15.7 Å². The van der Waals surface area contributed by atoms with Crippen LogP contribution in [0.1, 0.15) is 11.1 Å². The molecule has 2 aromatic rings. The van der Waals surface area contributed by atoms with E-state index < -0.39 is 14.9 Å². The number of aliphatic hydroxyl groups excluding tert-OH is 1. The molecule has 0 amide bonds. The lowest BCUT2D eigenvalue weighted by Crippen LogP contribution is -2.49. The molecular weight excluding hydrogens is 410 g/mol. The van der Waals surface area contributed by atoms with Gasteiger partial charge in [0.2, 0.25) is 10.0 Å². The van der Waals surface area contributed by atoms with Crippen LogP contribution in [0, 0.1) is 24.0 Å². The Labute approximate surface area is 175 Å². The van der Waals surface area contributed by atoms with Crippen LogP contribution in [0.5, 0.6) is 11.5 Å². The Bertz CT molecular complexity index is 1010. The molecule has 9 nitrogen and oxygen atoms in total. The second-order valence-corrected chi connectivity index (χ2v) is 9.19. The Kier molecular flexibility index (Phi) is 6.71. The van der Waals surface area contributed by atoms with Gasteiger partial charge in [-0.05, 0) is 43.2 Å². The molecule has 1 aliphatic heterocycles. The maximum atomic E-state index is 13.3. The third kappa shape index (κ3) is 4.96. The highest BCUT2D eigenvalue weighted by molar-refractivity contribution is 7.89. The maximum Gasteiger partial charge on any atom is 0.271 e. The number of benzene rings is 2. The van der Waals surface area contributed by atoms with Gasteiger partial charge in [0, 0.05) is 44.9 Å². The van der Waals surface area contributed by atoms with Gasteiger partial charge in [0.15, 0.2) is 0 Å². The fraction of sp³-hybridized carbons (Fsp3) is 0.400. The molecule has 2 aromatic carbocycles. The molecule has 10 heteroatoms. The topological polar surface area (TPSA) is 113 Å². The first-order valence-corrected chi connectivity index (χ1v) is 11.0. The Hall–Kier alpha value is -2.53. The van der Waals surface area contributed by atoms with Crippen LogP contribution in [0.25, 0.3) is 0 Å². The van der Waals surface area contributed by atoms with Gasteiger partial charge in [-0.2, -0.15) is 4.31 Å². The number of β-amino-alcohol motifs (C(OH)–C–C–N with tert-alkyl or cyclic N) is 1. The Morgan fingerprint density at radius 1 is 1.07 bits per heavy atom. The molecule has 0 aromatic heterocycles. The average Bonchev–Trinajstić information content (AvgIpc) is 2.68. The summed E-state index contributed by atoms with van der Waals surface area (Å²) >= 11 is 0. The summed E-state index contributed by atoms with van der Waals surface area (Å²) in [5, 5.41) is 20.3. The van der Waals surface area contributed by atoms with Crippen molar-refractivity contribution in [3.8, 4) is 11.5 Å². The summed E-state index contributed by atoms with van der Waals surface area (Å²) in [7, 11) is -4.01. The van der Waals surface area contributed by atoms with Crippen LogP contribution < -0.4 is 4.74 Å². The van der Waals surface area contributed by atoms with Crippen molar-refractivity contribution in [1.82, 2.24) is 9.21 Å². The smallest absolute Gasteiger partial charge is 0.271 e. The van der Waals surface area contributed by atoms with Crippen LogP contribution >= 0.6 is 0 Å². The Morgan fingerprint density at radius 2 is 1.70 bits per heavy atom. The summed E-state index contributed by atoms with van der Waals surface area (Å²) in [6, 6.07) is 9.12. The number of nitro groups is 1. The van der Waals surface area contributed by atoms with Crippen molar-refractivity contribution in [3.63, 3.8) is 0 Å². The van der Waals surface area contributed by atoms with Crippen molar-refractivity contribution < 1.29 is 23.2 Å². The highest BCUT2D eigenvalue weighted by atomic mass is 32.2. The Balaban J connectivity index is 1.96. The summed E-state index contributed by atoms with van der Waals surface area (Å²) in [4.78, 5) is 12.4. The first-order chi connectivity index (χ1) is 14.2. The molecule has 1 heterocycles. The summed E-state index contributed by atoms with van der Waals surface area (Å²) in [6.45, 7) is 5.70. The van der Waals surface area contributed by atoms with Gasteiger partial charge >= 0.3 is 0 Å². The third-order valence-corrected chi connectivity index (χ3v) is 6.85. The predicted molar refractivity (Wildman–Crippen MR) is 111 cm³/mol. The monoisotopic (exact) mass is 435 g/mol. The van der Waals surface area contributed by atoms with E-state index >= 15 is 0 Å². The van der Waals surface area contributed by atoms with Gasteiger partial charge in [-0.15, -0.1) is 0 Å². The molecular formula is C20H25N3O6S. The number of aliphatic hydroxyl groups is 1. The van der Waals surface area contributed by atoms with E-state index in [9.17, 15) is 18.5 Å². The van der Waals surface area contributed by atoms with E-state index in [0.29, 0.717) is 25.4 Å². The van der Waals surface area contributed by atoms with Crippen molar-refractivity contribution in [1.29, 1.82) is 0 Å². The van der Waals surface area contributed by atoms with E-state index in [1.54, 1.807) is 12.1 Å². The van der Waals surface area contributed by atoms with E-state index in [0.717, 1.165) is 17.2 Å². The van der Waals surface area contributed by atoms with E-state index in [-0.39, 0.29) is 36.0 Å². The molecule has 1 saturated heterocycles. The van der Waals surface area contributed by atoms with Crippen LogP contribution in [-0.2, 0) is 10.0 Å². The van der Waals surface area contributed by atoms with Gasteiger partial charge in [0.05, 0.1) is 11.5 Å². The van der Waals surface area contributed by atoms with Crippen LogP contribution in [0.4, 0.5) is 5.69 Å². The molecule has 1 aliphatic rings. The van der Waals surface area contributed by atoms with Crippen LogP contribution in [0.15, 0.2) is 41.3 Å². The highest BCUT2D eigenvalue weighted by Crippen LogP contribution is 2.34. The SMILES string of the molecule is Cc1cc(C)cc(Oc2ccc([N+](=O)[O-])cc2S(=O)(=O)N2CCN(CCO)CC2)c1. The number of non-ortho nitro benzene ring substituents is 1. The lowest BCUT2D eigenvalue weighted by Gasteiger charge is -2.33. The van der Waals surface area contributed by atoms with Crippen molar-refractivity contribution in [3.05, 3.63) is 57.6 Å². The summed E-state index contributed by atoms with van der Waals surface area (Å²) in [5.74, 6) is 0.508. The van der Waals surface area contributed by atoms with Crippen LogP contribution in [0.3, 0.4) is 0 Å². The number of ether oxygens (including phenoxy) is 1. The summed E-state index contributed by atoms with van der Waals surface area (Å²) in [5.41, 5.74) is 1.59. The molecule has 0 unspecified atom stereocenters. The molecule has 30 heavy (non-hydrogen) atoms. The van der Waals surface area contributed by atoms with Gasteiger partial charge in [-0.3, -0.25) is 15.0 Å². The van der Waals surface area contributed by atoms with Gasteiger partial charge in [0.25, 0.3) is 5.69 Å². The van der Waals surface area contributed by atoms with Crippen LogP contribution in [0.2, 0.25) is 0 Å². The lowest BCUT2D eigenvalue weighted by atomic mass is 10.1. The van der Waals surface area contributed by atoms with E-state index in [4.69, 9.17) is 9.84 Å². The van der Waals surface area contributed by atoms with Gasteiger partial charge in [0.1, 0.15) is 16.4 Å². The molecule has 0 aliphatic carbocycles. The zero-order chi connectivity index (χ0) is 21.9. The molecule has 1 fully saturated rings. The molecule has 0 spiro atoms. The third-order valence-electron chi connectivity index (χ3n) is 4.93. The van der Waals surface area contributed by atoms with Gasteiger partial charge < -0.3 is 9.84 Å². The molecule has 0 radical (unpaired) electrons. The molecule has 1 N–H and O–H groups in total. The van der Waals surface area contributed by atoms with E-state index in [1.165, 1.54) is 16.4 Å². The van der Waals surface area contributed by atoms with E-state index in [2.05, 4.69) is 0 Å². The number of hydrogen-bond donors (Lipinski definition) is 1. The fourth-order valence-electron chi connectivity index (χ4n) is 3.49. The number of nitro benzene ring substituents is 1. The minimum absolute atomic E-state index is 0.00548. The number of rotatable bonds is 7. The molecule has 3 rings (SSSR count). The quantitative estimate of drug-likeness (QED) is 0.524. The lowest BCUT2D eigenvalue weighted by molar-refractivity contribution is -0.385. The number of piperazine rings is 1. The molecule has 162 valence electrons. The normalized spacial score (nSPS) is 15.8. The first kappa shape index (κ1) is 22.2. The minimum Gasteiger partial charge on any atom is -0.456 e. The second-order valence-electron chi connectivity index (χ2n) is 7.28. The predicted octanol–water partition coefficient (Wildman–Crippen LogP) is 2.30. The standard InChI is InChI=1S/C20H25N3O6S/c1-15-11-16(2)13-18(12-15)29-19-4-3-17(23(25)26)14-20(19)30(27,28)22-7-5-21(6-8-22)9-10-24/h3-4,11-14,24H,5-10H2,1-2H3. The highest BCUT2D eigenvalue weighted by Gasteiger charge is 2.32. The second kappa shape index (κ2) is 9.09. The van der Waals surface area contributed by atoms with Crippen molar-refractivity contribution in [2.45, 2.75) is 18.7 Å². The number of aryl methyl sites for hydroxylation is 2. The van der Waals surface area contributed by atoms with Crippen molar-refractivity contribution in [2.75, 3.05) is 39.3 Å². The van der Waals surface area contributed by atoms with Gasteiger partial charge in [-0.1, -0.05) is 6.07 Å².